The maximum atomic E-state index is 12.2. The monoisotopic (exact) mass is 289 g/mol. The number of likely N-dealkylation sites (N-methyl/N-ethyl adjacent to an activating group) is 1. The van der Waals surface area contributed by atoms with Crippen LogP contribution in [0.4, 0.5) is 11.4 Å². The maximum Gasteiger partial charge on any atom is 0.238 e. The van der Waals surface area contributed by atoms with E-state index in [0.29, 0.717) is 18.3 Å². The number of nitrogen functional groups attached to an aromatic ring is 1. The van der Waals surface area contributed by atoms with E-state index in [2.05, 4.69) is 17.3 Å². The first-order valence-corrected chi connectivity index (χ1v) is 7.93. The van der Waals surface area contributed by atoms with Crippen LogP contribution in [0.15, 0.2) is 18.2 Å². The first-order valence-electron chi connectivity index (χ1n) is 7.93. The molecule has 0 saturated heterocycles. The van der Waals surface area contributed by atoms with Gasteiger partial charge in [0.1, 0.15) is 0 Å². The molecule has 0 aliphatic heterocycles. The molecule has 0 heterocycles. The number of anilines is 2. The minimum absolute atomic E-state index is 0.0375. The molecule has 1 aromatic rings. The molecular formula is C17H27N3O. The van der Waals surface area contributed by atoms with Crippen molar-refractivity contribution in [2.24, 2.45) is 0 Å². The van der Waals surface area contributed by atoms with Gasteiger partial charge in [-0.05, 0) is 44.5 Å². The molecule has 1 aromatic carbocycles. The summed E-state index contributed by atoms with van der Waals surface area (Å²) >= 11 is 0. The zero-order valence-corrected chi connectivity index (χ0v) is 13.2. The van der Waals surface area contributed by atoms with Crippen LogP contribution in [0.2, 0.25) is 0 Å². The molecule has 1 amide bonds. The fraction of sp³-hybridized carbons (Fsp3) is 0.588. The highest BCUT2D eigenvalue weighted by Crippen LogP contribution is 2.22. The van der Waals surface area contributed by atoms with Gasteiger partial charge in [-0.2, -0.15) is 0 Å². The second kappa shape index (κ2) is 7.46. The van der Waals surface area contributed by atoms with Crippen molar-refractivity contribution < 1.29 is 4.79 Å². The van der Waals surface area contributed by atoms with E-state index in [0.717, 1.165) is 11.3 Å². The van der Waals surface area contributed by atoms with Gasteiger partial charge in [0.25, 0.3) is 0 Å². The molecule has 21 heavy (non-hydrogen) atoms. The number of nitrogens with one attached hydrogen (secondary N) is 1. The van der Waals surface area contributed by atoms with Crippen LogP contribution < -0.4 is 11.1 Å². The lowest BCUT2D eigenvalue weighted by Crippen LogP contribution is -2.37. The van der Waals surface area contributed by atoms with Crippen LogP contribution in [0.3, 0.4) is 0 Å². The van der Waals surface area contributed by atoms with E-state index >= 15 is 0 Å². The van der Waals surface area contributed by atoms with Crippen molar-refractivity contribution in [1.29, 1.82) is 0 Å². The summed E-state index contributed by atoms with van der Waals surface area (Å²) in [5.41, 5.74) is 8.33. The number of rotatable bonds is 4. The summed E-state index contributed by atoms with van der Waals surface area (Å²) in [7, 11) is 2.06. The first-order chi connectivity index (χ1) is 10.1. The fourth-order valence-electron chi connectivity index (χ4n) is 3.03. The number of hydrogen-bond donors (Lipinski definition) is 2. The van der Waals surface area contributed by atoms with Crippen LogP contribution in [0, 0.1) is 6.92 Å². The Kier molecular flexibility index (Phi) is 5.62. The van der Waals surface area contributed by atoms with Crippen molar-refractivity contribution in [3.05, 3.63) is 23.8 Å². The summed E-state index contributed by atoms with van der Waals surface area (Å²) in [6, 6.07) is 6.16. The molecule has 1 fully saturated rings. The number of nitrogens with two attached hydrogens (primary N) is 1. The molecular weight excluding hydrogens is 262 g/mol. The largest absolute Gasteiger partial charge is 0.398 e. The van der Waals surface area contributed by atoms with Gasteiger partial charge in [-0.3, -0.25) is 9.69 Å². The second-order valence-corrected chi connectivity index (χ2v) is 6.13. The van der Waals surface area contributed by atoms with Crippen LogP contribution in [-0.2, 0) is 4.79 Å². The number of amides is 1. The molecule has 0 bridgehead atoms. The smallest absolute Gasteiger partial charge is 0.238 e. The number of nitrogens with zero attached hydrogens (tertiary/aromatic N) is 1. The Morgan fingerprint density at radius 3 is 2.62 bits per heavy atom. The SMILES string of the molecule is Cc1c(N)cccc1NC(=O)CN(C)C1CCCCCC1. The number of benzene rings is 1. The Morgan fingerprint density at radius 2 is 1.95 bits per heavy atom. The summed E-state index contributed by atoms with van der Waals surface area (Å²) in [6.07, 6.45) is 7.65. The molecule has 0 radical (unpaired) electrons. The molecule has 3 N–H and O–H groups in total. The van der Waals surface area contributed by atoms with Crippen LogP contribution in [0.1, 0.15) is 44.1 Å². The lowest BCUT2D eigenvalue weighted by molar-refractivity contribution is -0.117. The molecule has 0 aromatic heterocycles. The fourth-order valence-corrected chi connectivity index (χ4v) is 3.03. The number of carbonyl (C=O) groups excluding carboxylic acids is 1. The Bertz CT molecular complexity index is 479. The van der Waals surface area contributed by atoms with E-state index in [9.17, 15) is 4.79 Å². The minimum Gasteiger partial charge on any atom is -0.398 e. The van der Waals surface area contributed by atoms with Gasteiger partial charge in [-0.15, -0.1) is 0 Å². The maximum absolute atomic E-state index is 12.2. The number of carbonyl (C=O) groups is 1. The predicted molar refractivity (Wildman–Crippen MR) is 88.3 cm³/mol. The van der Waals surface area contributed by atoms with E-state index in [1.807, 2.05) is 25.1 Å². The third-order valence-corrected chi connectivity index (χ3v) is 4.49. The van der Waals surface area contributed by atoms with Crippen molar-refractivity contribution in [3.63, 3.8) is 0 Å². The summed E-state index contributed by atoms with van der Waals surface area (Å²) in [5, 5.41) is 2.98. The molecule has 2 rings (SSSR count). The van der Waals surface area contributed by atoms with Gasteiger partial charge in [0.05, 0.1) is 6.54 Å². The minimum atomic E-state index is 0.0375. The third kappa shape index (κ3) is 4.46. The van der Waals surface area contributed by atoms with Gasteiger partial charge in [0.2, 0.25) is 5.91 Å². The lowest BCUT2D eigenvalue weighted by atomic mass is 10.1. The molecule has 1 aliphatic rings. The Hall–Kier alpha value is -1.55. The summed E-state index contributed by atoms with van der Waals surface area (Å²) in [5.74, 6) is 0.0375. The van der Waals surface area contributed by atoms with Gasteiger partial charge in [0.15, 0.2) is 0 Å². The average Bonchev–Trinajstić information content (AvgIpc) is 2.73. The van der Waals surface area contributed by atoms with Crippen molar-refractivity contribution in [2.75, 3.05) is 24.6 Å². The van der Waals surface area contributed by atoms with E-state index < -0.39 is 0 Å². The lowest BCUT2D eigenvalue weighted by Gasteiger charge is -2.26. The average molecular weight is 289 g/mol. The topological polar surface area (TPSA) is 58.4 Å². The quantitative estimate of drug-likeness (QED) is 0.661. The van der Waals surface area contributed by atoms with Crippen molar-refractivity contribution in [2.45, 2.75) is 51.5 Å². The van der Waals surface area contributed by atoms with Gasteiger partial charge in [0, 0.05) is 17.4 Å². The van der Waals surface area contributed by atoms with Crippen molar-refractivity contribution >= 4 is 17.3 Å². The molecule has 4 nitrogen and oxygen atoms in total. The summed E-state index contributed by atoms with van der Waals surface area (Å²) in [4.78, 5) is 14.4. The highest BCUT2D eigenvalue weighted by Gasteiger charge is 2.19. The standard InChI is InChI=1S/C17H27N3O/c1-13-15(18)10-7-11-16(13)19-17(21)12-20(2)14-8-5-3-4-6-9-14/h7,10-11,14H,3-6,8-9,12,18H2,1-2H3,(H,19,21). The van der Waals surface area contributed by atoms with E-state index in [1.165, 1.54) is 38.5 Å². The third-order valence-electron chi connectivity index (χ3n) is 4.49. The van der Waals surface area contributed by atoms with E-state index in [4.69, 9.17) is 5.73 Å². The van der Waals surface area contributed by atoms with Crippen LogP contribution in [-0.4, -0.2) is 30.4 Å². The highest BCUT2D eigenvalue weighted by molar-refractivity contribution is 5.93. The van der Waals surface area contributed by atoms with Crippen LogP contribution in [0.5, 0.6) is 0 Å². The molecule has 116 valence electrons. The van der Waals surface area contributed by atoms with Gasteiger partial charge in [-0.25, -0.2) is 0 Å². The second-order valence-electron chi connectivity index (χ2n) is 6.13. The van der Waals surface area contributed by atoms with E-state index in [1.54, 1.807) is 0 Å². The van der Waals surface area contributed by atoms with Crippen molar-refractivity contribution in [3.8, 4) is 0 Å². The van der Waals surface area contributed by atoms with Gasteiger partial charge >= 0.3 is 0 Å². The molecule has 0 spiro atoms. The Balaban J connectivity index is 1.90. The van der Waals surface area contributed by atoms with Crippen LogP contribution in [0.25, 0.3) is 0 Å². The number of hydrogen-bond acceptors (Lipinski definition) is 3. The van der Waals surface area contributed by atoms with Gasteiger partial charge < -0.3 is 11.1 Å². The van der Waals surface area contributed by atoms with Crippen molar-refractivity contribution in [1.82, 2.24) is 4.90 Å². The predicted octanol–water partition coefficient (Wildman–Crippen LogP) is 3.17. The molecule has 1 saturated carbocycles. The highest BCUT2D eigenvalue weighted by atomic mass is 16.2. The Morgan fingerprint density at radius 1 is 1.29 bits per heavy atom. The van der Waals surface area contributed by atoms with Gasteiger partial charge in [-0.1, -0.05) is 31.7 Å². The zero-order chi connectivity index (χ0) is 15.2. The summed E-state index contributed by atoms with van der Waals surface area (Å²) in [6.45, 7) is 2.37. The first kappa shape index (κ1) is 15.8. The van der Waals surface area contributed by atoms with E-state index in [-0.39, 0.29) is 5.91 Å². The molecule has 0 unspecified atom stereocenters. The molecule has 1 aliphatic carbocycles. The van der Waals surface area contributed by atoms with Crippen LogP contribution >= 0.6 is 0 Å². The molecule has 0 atom stereocenters. The normalized spacial score (nSPS) is 16.7. The zero-order valence-electron chi connectivity index (χ0n) is 13.2. The summed E-state index contributed by atoms with van der Waals surface area (Å²) < 4.78 is 0. The Labute approximate surface area is 127 Å². The molecule has 4 heteroatoms.